The minimum absolute atomic E-state index is 0.0767. The number of anilines is 1. The van der Waals surface area contributed by atoms with Gasteiger partial charge in [0.25, 0.3) is 0 Å². The Labute approximate surface area is 226 Å². The molecule has 1 aliphatic heterocycles. The maximum Gasteiger partial charge on any atom is 0.193 e. The SMILES string of the molecule is C[C@]12C=CC(=O)C=C1[C@@H](F)C[C@H]1[C@@H]3C[C@H]4CN(c5ccc(C6CC6)cc5)O[C@@]4(C(=O)CO)[C@@]3(C)C[C@H](O)[C@@]12F. The van der Waals surface area contributed by atoms with Crippen molar-refractivity contribution >= 4 is 17.3 Å². The number of alkyl halides is 2. The number of carbonyl (C=O) groups is 2. The molecule has 6 nitrogen and oxygen atoms in total. The molecule has 1 heterocycles. The van der Waals surface area contributed by atoms with Crippen molar-refractivity contribution in [3.63, 3.8) is 0 Å². The van der Waals surface area contributed by atoms with Gasteiger partial charge in [0.15, 0.2) is 22.8 Å². The van der Waals surface area contributed by atoms with Crippen LogP contribution in [-0.4, -0.2) is 58.5 Å². The quantitative estimate of drug-likeness (QED) is 0.598. The molecule has 208 valence electrons. The molecular weight excluding hydrogens is 504 g/mol. The smallest absolute Gasteiger partial charge is 0.193 e. The number of rotatable bonds is 4. The van der Waals surface area contributed by atoms with Gasteiger partial charge in [-0.15, -0.1) is 0 Å². The first-order chi connectivity index (χ1) is 18.5. The monoisotopic (exact) mass is 539 g/mol. The predicted octanol–water partition coefficient (Wildman–Crippen LogP) is 4.16. The first-order valence-corrected chi connectivity index (χ1v) is 14.2. The molecule has 2 N–H and O–H groups in total. The van der Waals surface area contributed by atoms with E-state index in [1.165, 1.54) is 36.6 Å². The highest BCUT2D eigenvalue weighted by molar-refractivity contribution is 6.01. The summed E-state index contributed by atoms with van der Waals surface area (Å²) in [5.41, 5.74) is -4.05. The van der Waals surface area contributed by atoms with Crippen molar-refractivity contribution in [1.29, 1.82) is 0 Å². The predicted molar refractivity (Wildman–Crippen MR) is 139 cm³/mol. The molecule has 5 fully saturated rings. The zero-order chi connectivity index (χ0) is 27.5. The number of allylic oxidation sites excluding steroid dienone is 4. The summed E-state index contributed by atoms with van der Waals surface area (Å²) in [5.74, 6) is -2.00. The average Bonchev–Trinajstić information content (AvgIpc) is 3.65. The second-order valence-electron chi connectivity index (χ2n) is 13.1. The summed E-state index contributed by atoms with van der Waals surface area (Å²) >= 11 is 0. The fourth-order valence-corrected chi connectivity index (χ4v) is 9.35. The van der Waals surface area contributed by atoms with Crippen LogP contribution in [0.4, 0.5) is 14.5 Å². The van der Waals surface area contributed by atoms with Gasteiger partial charge in [-0.1, -0.05) is 25.1 Å². The molecule has 9 atom stereocenters. The number of nitrogens with zero attached hydrogens (tertiary/aromatic N) is 1. The first-order valence-electron chi connectivity index (χ1n) is 14.2. The lowest BCUT2D eigenvalue weighted by molar-refractivity contribution is -0.228. The van der Waals surface area contributed by atoms with E-state index in [0.717, 1.165) is 5.69 Å². The van der Waals surface area contributed by atoms with E-state index in [2.05, 4.69) is 12.1 Å². The Balaban J connectivity index is 1.28. The summed E-state index contributed by atoms with van der Waals surface area (Å²) in [6, 6.07) is 8.12. The maximum atomic E-state index is 17.5. The summed E-state index contributed by atoms with van der Waals surface area (Å²) in [5, 5.41) is 23.4. The van der Waals surface area contributed by atoms with Crippen molar-refractivity contribution in [1.82, 2.24) is 0 Å². The van der Waals surface area contributed by atoms with E-state index in [1.807, 2.05) is 19.1 Å². The van der Waals surface area contributed by atoms with Crippen LogP contribution in [0.3, 0.4) is 0 Å². The van der Waals surface area contributed by atoms with Gasteiger partial charge < -0.3 is 10.2 Å². The van der Waals surface area contributed by atoms with Crippen LogP contribution >= 0.6 is 0 Å². The maximum absolute atomic E-state index is 17.5. The van der Waals surface area contributed by atoms with Gasteiger partial charge in [-0.25, -0.2) is 8.78 Å². The fourth-order valence-electron chi connectivity index (χ4n) is 9.35. The van der Waals surface area contributed by atoms with E-state index >= 15 is 8.78 Å². The van der Waals surface area contributed by atoms with Crippen molar-refractivity contribution in [3.05, 3.63) is 53.6 Å². The van der Waals surface area contributed by atoms with E-state index in [9.17, 15) is 19.8 Å². The van der Waals surface area contributed by atoms with E-state index in [4.69, 9.17) is 4.84 Å². The number of hydrogen-bond donors (Lipinski definition) is 2. The molecule has 7 rings (SSSR count). The Hall–Kier alpha value is -2.42. The molecule has 0 aromatic heterocycles. The Morgan fingerprint density at radius 2 is 1.87 bits per heavy atom. The van der Waals surface area contributed by atoms with Crippen LogP contribution in [0, 0.1) is 28.6 Å². The highest BCUT2D eigenvalue weighted by Crippen LogP contribution is 2.72. The van der Waals surface area contributed by atoms with Crippen molar-refractivity contribution in [2.45, 2.75) is 75.4 Å². The highest BCUT2D eigenvalue weighted by Gasteiger charge is 2.79. The number of carbonyl (C=O) groups excluding carboxylic acids is 2. The van der Waals surface area contributed by atoms with Gasteiger partial charge in [0.05, 0.1) is 18.3 Å². The van der Waals surface area contributed by atoms with Crippen LogP contribution in [0.25, 0.3) is 0 Å². The molecule has 0 amide bonds. The number of Topliss-reactive ketones (excluding diaryl/α,β-unsaturated/α-hetero) is 1. The lowest BCUT2D eigenvalue weighted by Gasteiger charge is -2.63. The van der Waals surface area contributed by atoms with Crippen LogP contribution < -0.4 is 5.06 Å². The summed E-state index contributed by atoms with van der Waals surface area (Å²) in [6.07, 6.45) is 3.32. The molecule has 39 heavy (non-hydrogen) atoms. The number of benzene rings is 1. The molecule has 8 heteroatoms. The third-order valence-electron chi connectivity index (χ3n) is 11.4. The summed E-state index contributed by atoms with van der Waals surface area (Å²) < 4.78 is 33.2. The Kier molecular flexibility index (Phi) is 5.29. The molecule has 0 radical (unpaired) electrons. The van der Waals surface area contributed by atoms with Gasteiger partial charge in [-0.05, 0) is 86.3 Å². The first kappa shape index (κ1) is 25.5. The average molecular weight is 540 g/mol. The lowest BCUT2D eigenvalue weighted by Crippen LogP contribution is -2.70. The van der Waals surface area contributed by atoms with Crippen LogP contribution in [0.1, 0.15) is 57.4 Å². The number of ketones is 2. The molecule has 6 aliphatic rings. The molecule has 1 aromatic carbocycles. The zero-order valence-corrected chi connectivity index (χ0v) is 22.3. The highest BCUT2D eigenvalue weighted by atomic mass is 19.1. The van der Waals surface area contributed by atoms with Crippen molar-refractivity contribution in [2.75, 3.05) is 18.2 Å². The van der Waals surface area contributed by atoms with Crippen molar-refractivity contribution in [2.24, 2.45) is 28.6 Å². The topological polar surface area (TPSA) is 87.1 Å². The Morgan fingerprint density at radius 3 is 2.54 bits per heavy atom. The normalized spacial score (nSPS) is 46.3. The number of aliphatic hydroxyl groups excluding tert-OH is 2. The number of aliphatic hydroxyl groups is 2. The summed E-state index contributed by atoms with van der Waals surface area (Å²) in [7, 11) is 0. The minimum Gasteiger partial charge on any atom is -0.390 e. The largest absolute Gasteiger partial charge is 0.390 e. The molecule has 1 aromatic rings. The molecule has 1 saturated heterocycles. The summed E-state index contributed by atoms with van der Waals surface area (Å²) in [4.78, 5) is 32.3. The standard InChI is InChI=1S/C31H35F2NO5/c1-28-10-9-21(36)12-24(28)25(32)13-23-22-11-19-15-34(20-7-5-18(6-8-20)17-3-4-17)39-31(19,27(38)16-35)29(22,2)14-26(37)30(23,28)33/h5-10,12,17,19,22-23,25-26,35,37H,3-4,11,13-16H2,1-2H3/t19-,22-,23-,25-,26-,28-,29-,30-,31-/m0/s1. The molecule has 0 spiro atoms. The van der Waals surface area contributed by atoms with Crippen molar-refractivity contribution in [3.8, 4) is 0 Å². The zero-order valence-electron chi connectivity index (χ0n) is 22.3. The molecule has 5 aliphatic carbocycles. The van der Waals surface area contributed by atoms with Crippen LogP contribution in [0.2, 0.25) is 0 Å². The molecule has 0 bridgehead atoms. The van der Waals surface area contributed by atoms with Gasteiger partial charge in [0.2, 0.25) is 0 Å². The van der Waals surface area contributed by atoms with Gasteiger partial charge in [-0.2, -0.15) is 0 Å². The number of hydrogen-bond acceptors (Lipinski definition) is 6. The summed E-state index contributed by atoms with van der Waals surface area (Å²) in [6.45, 7) is 3.05. The van der Waals surface area contributed by atoms with Crippen LogP contribution in [-0.2, 0) is 14.4 Å². The second kappa shape index (κ2) is 8.08. The molecule has 0 unspecified atom stereocenters. The van der Waals surface area contributed by atoms with Gasteiger partial charge in [-0.3, -0.25) is 19.5 Å². The second-order valence-corrected chi connectivity index (χ2v) is 13.1. The number of halogens is 2. The van der Waals surface area contributed by atoms with Crippen LogP contribution in [0.5, 0.6) is 0 Å². The molecule has 4 saturated carbocycles. The minimum atomic E-state index is -2.22. The third-order valence-corrected chi connectivity index (χ3v) is 11.4. The van der Waals surface area contributed by atoms with Crippen LogP contribution in [0.15, 0.2) is 48.1 Å². The fraction of sp³-hybridized carbons (Fsp3) is 0.613. The Bertz CT molecular complexity index is 1310. The van der Waals surface area contributed by atoms with E-state index in [-0.39, 0.29) is 30.1 Å². The number of hydroxylamine groups is 1. The van der Waals surface area contributed by atoms with Gasteiger partial charge in [0.1, 0.15) is 12.8 Å². The van der Waals surface area contributed by atoms with Gasteiger partial charge in [0, 0.05) is 22.7 Å². The van der Waals surface area contributed by atoms with E-state index < -0.39 is 58.6 Å². The van der Waals surface area contributed by atoms with E-state index in [1.54, 1.807) is 12.0 Å². The lowest BCUT2D eigenvalue weighted by atomic mass is 9.44. The van der Waals surface area contributed by atoms with Gasteiger partial charge >= 0.3 is 0 Å². The Morgan fingerprint density at radius 1 is 1.15 bits per heavy atom. The third kappa shape index (κ3) is 3.06. The number of fused-ring (bicyclic) bond motifs is 7. The molecular formula is C31H35F2NO5. The van der Waals surface area contributed by atoms with Crippen molar-refractivity contribution < 1.29 is 33.4 Å². The van der Waals surface area contributed by atoms with E-state index in [0.29, 0.717) is 18.9 Å².